The Morgan fingerprint density at radius 1 is 1.56 bits per heavy atom. The number of thioether (sulfide) groups is 1. The van der Waals surface area contributed by atoms with E-state index in [4.69, 9.17) is 11.6 Å². The van der Waals surface area contributed by atoms with Gasteiger partial charge in [0.2, 0.25) is 0 Å². The predicted molar refractivity (Wildman–Crippen MR) is 55.7 cm³/mol. The summed E-state index contributed by atoms with van der Waals surface area (Å²) in [5.74, 6) is 0.0423. The summed E-state index contributed by atoms with van der Waals surface area (Å²) in [6.45, 7) is 1.38. The van der Waals surface area contributed by atoms with E-state index in [9.17, 15) is 18.0 Å². The highest BCUT2D eigenvalue weighted by Gasteiger charge is 2.31. The SMILES string of the molecule is CC(=O)CSc1ncc(C(F)(F)F)cc1Cl. The van der Waals surface area contributed by atoms with Crippen LogP contribution >= 0.6 is 23.4 Å². The fourth-order valence-electron chi connectivity index (χ4n) is 0.857. The van der Waals surface area contributed by atoms with Crippen molar-refractivity contribution in [1.82, 2.24) is 4.98 Å². The monoisotopic (exact) mass is 269 g/mol. The fraction of sp³-hybridized carbons (Fsp3) is 0.333. The van der Waals surface area contributed by atoms with Crippen molar-refractivity contribution in [1.29, 1.82) is 0 Å². The van der Waals surface area contributed by atoms with E-state index in [1.807, 2.05) is 0 Å². The number of nitrogens with zero attached hydrogens (tertiary/aromatic N) is 1. The quantitative estimate of drug-likeness (QED) is 0.788. The second kappa shape index (κ2) is 5.05. The number of ketones is 1. The van der Waals surface area contributed by atoms with Gasteiger partial charge in [-0.2, -0.15) is 13.2 Å². The van der Waals surface area contributed by atoms with E-state index in [-0.39, 0.29) is 21.6 Å². The van der Waals surface area contributed by atoms with Crippen LogP contribution in [0.15, 0.2) is 17.3 Å². The van der Waals surface area contributed by atoms with Crippen molar-refractivity contribution in [2.45, 2.75) is 18.1 Å². The molecule has 7 heteroatoms. The minimum absolute atomic E-state index is 0.0947. The molecule has 0 aliphatic heterocycles. The van der Waals surface area contributed by atoms with Gasteiger partial charge in [0.05, 0.1) is 16.3 Å². The van der Waals surface area contributed by atoms with Gasteiger partial charge in [0.25, 0.3) is 0 Å². The Labute approximate surface area is 99.2 Å². The van der Waals surface area contributed by atoms with E-state index >= 15 is 0 Å². The Bertz CT molecular complexity index is 408. The molecule has 0 spiro atoms. The molecule has 1 heterocycles. The van der Waals surface area contributed by atoms with Gasteiger partial charge in [-0.05, 0) is 13.0 Å². The molecule has 0 radical (unpaired) electrons. The van der Waals surface area contributed by atoms with Crippen molar-refractivity contribution in [2.24, 2.45) is 0 Å². The first-order valence-corrected chi connectivity index (χ1v) is 5.52. The van der Waals surface area contributed by atoms with Gasteiger partial charge < -0.3 is 0 Å². The highest BCUT2D eigenvalue weighted by molar-refractivity contribution is 8.00. The second-order valence-electron chi connectivity index (χ2n) is 3.00. The number of hydrogen-bond donors (Lipinski definition) is 0. The Morgan fingerprint density at radius 3 is 2.62 bits per heavy atom. The molecule has 0 amide bonds. The summed E-state index contributed by atoms with van der Waals surface area (Å²) in [5, 5.41) is 0.131. The first-order valence-electron chi connectivity index (χ1n) is 4.15. The largest absolute Gasteiger partial charge is 0.417 e. The zero-order valence-electron chi connectivity index (χ0n) is 8.14. The molecule has 88 valence electrons. The normalized spacial score (nSPS) is 11.6. The third kappa shape index (κ3) is 3.68. The van der Waals surface area contributed by atoms with Crippen LogP contribution in [0.5, 0.6) is 0 Å². The van der Waals surface area contributed by atoms with Crippen LogP contribution in [-0.4, -0.2) is 16.5 Å². The molecule has 0 aliphatic rings. The number of pyridine rings is 1. The Hall–Kier alpha value is -0.750. The summed E-state index contributed by atoms with van der Waals surface area (Å²) in [6, 6.07) is 0.803. The number of carbonyl (C=O) groups excluding carboxylic acids is 1. The van der Waals surface area contributed by atoms with E-state index in [0.717, 1.165) is 17.8 Å². The van der Waals surface area contributed by atoms with Crippen LogP contribution in [0.4, 0.5) is 13.2 Å². The molecule has 1 rings (SSSR count). The lowest BCUT2D eigenvalue weighted by Crippen LogP contribution is -2.06. The van der Waals surface area contributed by atoms with Crippen LogP contribution in [0, 0.1) is 0 Å². The number of rotatable bonds is 3. The number of Topliss-reactive ketones (excluding diaryl/α,β-unsaturated/α-hetero) is 1. The van der Waals surface area contributed by atoms with Crippen LogP contribution < -0.4 is 0 Å². The highest BCUT2D eigenvalue weighted by atomic mass is 35.5. The number of aromatic nitrogens is 1. The second-order valence-corrected chi connectivity index (χ2v) is 4.37. The van der Waals surface area contributed by atoms with Gasteiger partial charge in [0, 0.05) is 6.20 Å². The maximum atomic E-state index is 12.3. The molecule has 2 nitrogen and oxygen atoms in total. The number of alkyl halides is 3. The molecule has 0 fully saturated rings. The van der Waals surface area contributed by atoms with Gasteiger partial charge in [-0.1, -0.05) is 23.4 Å². The molecule has 0 unspecified atom stereocenters. The van der Waals surface area contributed by atoms with Gasteiger partial charge in [0.1, 0.15) is 10.8 Å². The summed E-state index contributed by atoms with van der Waals surface area (Å²) in [7, 11) is 0. The smallest absolute Gasteiger partial charge is 0.299 e. The number of hydrogen-bond acceptors (Lipinski definition) is 3. The summed E-state index contributed by atoms with van der Waals surface area (Å²) in [5.41, 5.74) is -0.898. The molecule has 0 saturated carbocycles. The standard InChI is InChI=1S/C9H7ClF3NOS/c1-5(15)4-16-8-7(10)2-6(3-14-8)9(11,12)13/h2-3H,4H2,1H3. The first kappa shape index (κ1) is 13.3. The Balaban J connectivity index is 2.88. The van der Waals surface area contributed by atoms with E-state index < -0.39 is 11.7 Å². The van der Waals surface area contributed by atoms with Crippen LogP contribution in [0.2, 0.25) is 5.02 Å². The molecular weight excluding hydrogens is 263 g/mol. The van der Waals surface area contributed by atoms with Crippen LogP contribution in [0.3, 0.4) is 0 Å². The van der Waals surface area contributed by atoms with E-state index in [0.29, 0.717) is 6.20 Å². The average Bonchev–Trinajstić information content (AvgIpc) is 2.14. The van der Waals surface area contributed by atoms with Gasteiger partial charge in [0.15, 0.2) is 0 Å². The van der Waals surface area contributed by atoms with E-state index in [1.54, 1.807) is 0 Å². The molecule has 0 aliphatic carbocycles. The lowest BCUT2D eigenvalue weighted by atomic mass is 10.3. The van der Waals surface area contributed by atoms with Crippen LogP contribution in [-0.2, 0) is 11.0 Å². The van der Waals surface area contributed by atoms with E-state index in [2.05, 4.69) is 4.98 Å². The zero-order chi connectivity index (χ0) is 12.3. The Kier molecular flexibility index (Phi) is 4.21. The minimum atomic E-state index is -4.46. The molecule has 0 saturated heterocycles. The van der Waals surface area contributed by atoms with Crippen molar-refractivity contribution in [2.75, 3.05) is 5.75 Å². The average molecular weight is 270 g/mol. The van der Waals surface area contributed by atoms with Crippen molar-refractivity contribution >= 4 is 29.1 Å². The van der Waals surface area contributed by atoms with Crippen LogP contribution in [0.1, 0.15) is 12.5 Å². The zero-order valence-corrected chi connectivity index (χ0v) is 9.71. The van der Waals surface area contributed by atoms with Crippen molar-refractivity contribution < 1.29 is 18.0 Å². The summed E-state index contributed by atoms with van der Waals surface area (Å²) < 4.78 is 36.8. The van der Waals surface area contributed by atoms with Gasteiger partial charge in [-0.3, -0.25) is 4.79 Å². The van der Waals surface area contributed by atoms with E-state index in [1.165, 1.54) is 6.92 Å². The number of carbonyl (C=O) groups is 1. The first-order chi connectivity index (χ1) is 7.30. The molecular formula is C9H7ClF3NOS. The van der Waals surface area contributed by atoms with Gasteiger partial charge in [-0.15, -0.1) is 0 Å². The predicted octanol–water partition coefficient (Wildman–Crippen LogP) is 3.43. The number of halogens is 4. The van der Waals surface area contributed by atoms with Crippen molar-refractivity contribution in [3.63, 3.8) is 0 Å². The van der Waals surface area contributed by atoms with Crippen molar-refractivity contribution in [3.8, 4) is 0 Å². The molecule has 16 heavy (non-hydrogen) atoms. The van der Waals surface area contributed by atoms with Crippen LogP contribution in [0.25, 0.3) is 0 Å². The minimum Gasteiger partial charge on any atom is -0.299 e. The molecule has 0 atom stereocenters. The maximum Gasteiger partial charge on any atom is 0.417 e. The topological polar surface area (TPSA) is 30.0 Å². The van der Waals surface area contributed by atoms with Gasteiger partial charge >= 0.3 is 6.18 Å². The Morgan fingerprint density at radius 2 is 2.19 bits per heavy atom. The molecule has 0 N–H and O–H groups in total. The molecule has 1 aromatic heterocycles. The third-order valence-corrected chi connectivity index (χ3v) is 3.10. The lowest BCUT2D eigenvalue weighted by molar-refractivity contribution is -0.137. The lowest BCUT2D eigenvalue weighted by Gasteiger charge is -2.08. The van der Waals surface area contributed by atoms with Crippen molar-refractivity contribution in [3.05, 3.63) is 22.8 Å². The fourth-order valence-corrected chi connectivity index (χ4v) is 1.85. The maximum absolute atomic E-state index is 12.3. The summed E-state index contributed by atoms with van der Waals surface area (Å²) in [6.07, 6.45) is -3.76. The molecule has 1 aromatic rings. The summed E-state index contributed by atoms with van der Waals surface area (Å²) >= 11 is 6.64. The van der Waals surface area contributed by atoms with Gasteiger partial charge in [-0.25, -0.2) is 4.98 Å². The summed E-state index contributed by atoms with van der Waals surface area (Å²) in [4.78, 5) is 14.3. The molecule has 0 aromatic carbocycles. The molecule has 0 bridgehead atoms. The third-order valence-electron chi connectivity index (χ3n) is 1.55. The highest BCUT2D eigenvalue weighted by Crippen LogP contribution is 2.33.